The van der Waals surface area contributed by atoms with Crippen molar-refractivity contribution in [2.75, 3.05) is 18.7 Å². The van der Waals surface area contributed by atoms with Crippen LogP contribution < -0.4 is 10.1 Å². The summed E-state index contributed by atoms with van der Waals surface area (Å²) in [5, 5.41) is 3.58. The van der Waals surface area contributed by atoms with E-state index in [1.807, 2.05) is 6.07 Å². The molecule has 1 aliphatic heterocycles. The van der Waals surface area contributed by atoms with Gasteiger partial charge < -0.3 is 10.1 Å². The molecule has 3 heteroatoms. The van der Waals surface area contributed by atoms with Crippen molar-refractivity contribution in [3.63, 3.8) is 0 Å². The Morgan fingerprint density at radius 1 is 1.16 bits per heavy atom. The first-order valence-electron chi connectivity index (χ1n) is 6.37. The molecule has 3 rings (SSSR count). The second kappa shape index (κ2) is 5.17. The number of rotatable bonds is 3. The van der Waals surface area contributed by atoms with E-state index < -0.39 is 0 Å². The first-order chi connectivity index (χ1) is 9.30. The molecule has 2 aromatic carbocycles. The molecule has 2 nitrogen and oxygen atoms in total. The summed E-state index contributed by atoms with van der Waals surface area (Å²) in [6.07, 6.45) is 3.12. The third kappa shape index (κ3) is 2.43. The number of methoxy groups -OCH3 is 1. The van der Waals surface area contributed by atoms with Crippen LogP contribution in [-0.2, 0) is 6.42 Å². The van der Waals surface area contributed by atoms with Crippen LogP contribution in [0, 0.1) is 0 Å². The van der Waals surface area contributed by atoms with Crippen molar-refractivity contribution in [1.82, 2.24) is 0 Å². The van der Waals surface area contributed by atoms with E-state index in [0.717, 1.165) is 12.2 Å². The fraction of sp³-hybridized carbons (Fsp3) is 0.250. The lowest BCUT2D eigenvalue weighted by atomic mass is 10.0. The van der Waals surface area contributed by atoms with Crippen molar-refractivity contribution in [3.8, 4) is 5.75 Å². The molecule has 1 heterocycles. The van der Waals surface area contributed by atoms with Crippen molar-refractivity contribution in [1.29, 1.82) is 0 Å². The summed E-state index contributed by atoms with van der Waals surface area (Å²) in [5.74, 6) is 0.930. The van der Waals surface area contributed by atoms with Gasteiger partial charge >= 0.3 is 0 Å². The molecule has 0 saturated heterocycles. The van der Waals surface area contributed by atoms with Crippen molar-refractivity contribution >= 4 is 17.4 Å². The Bertz CT molecular complexity index is 580. The number of hydrogen-bond acceptors (Lipinski definition) is 3. The summed E-state index contributed by atoms with van der Waals surface area (Å²) in [5.41, 5.74) is 3.89. The first-order valence-corrected chi connectivity index (χ1v) is 7.60. The van der Waals surface area contributed by atoms with Gasteiger partial charge in [0.15, 0.2) is 0 Å². The predicted octanol–water partition coefficient (Wildman–Crippen LogP) is 4.13. The van der Waals surface area contributed by atoms with Crippen LogP contribution in [-0.4, -0.2) is 13.4 Å². The molecule has 19 heavy (non-hydrogen) atoms. The molecule has 1 N–H and O–H groups in total. The predicted molar refractivity (Wildman–Crippen MR) is 81.3 cm³/mol. The molecule has 2 aromatic rings. The minimum atomic E-state index is 0.373. The quantitative estimate of drug-likeness (QED) is 0.848. The van der Waals surface area contributed by atoms with Crippen LogP contribution >= 0.6 is 11.8 Å². The second-order valence-corrected chi connectivity index (χ2v) is 5.58. The molecule has 0 amide bonds. The van der Waals surface area contributed by atoms with Crippen LogP contribution in [0.3, 0.4) is 0 Å². The second-order valence-electron chi connectivity index (χ2n) is 4.70. The minimum Gasteiger partial charge on any atom is -0.497 e. The largest absolute Gasteiger partial charge is 0.497 e. The Hall–Kier alpha value is -1.61. The highest BCUT2D eigenvalue weighted by molar-refractivity contribution is 7.98. The Balaban J connectivity index is 1.82. The molecule has 0 fully saturated rings. The van der Waals surface area contributed by atoms with Crippen LogP contribution in [0.1, 0.15) is 17.2 Å². The molecule has 0 aromatic heterocycles. The van der Waals surface area contributed by atoms with E-state index in [9.17, 15) is 0 Å². The maximum absolute atomic E-state index is 5.28. The van der Waals surface area contributed by atoms with Gasteiger partial charge in [0.05, 0.1) is 13.2 Å². The van der Waals surface area contributed by atoms with Crippen LogP contribution in [0.15, 0.2) is 47.4 Å². The van der Waals surface area contributed by atoms with Gasteiger partial charge in [0, 0.05) is 10.6 Å². The monoisotopic (exact) mass is 271 g/mol. The fourth-order valence-corrected chi connectivity index (χ4v) is 2.91. The normalized spacial score (nSPS) is 16.8. The Kier molecular flexibility index (Phi) is 3.38. The van der Waals surface area contributed by atoms with Crippen LogP contribution in [0.25, 0.3) is 0 Å². The van der Waals surface area contributed by atoms with Gasteiger partial charge in [0.1, 0.15) is 5.75 Å². The zero-order valence-corrected chi connectivity index (χ0v) is 12.0. The van der Waals surface area contributed by atoms with Gasteiger partial charge in [-0.2, -0.15) is 0 Å². The Labute approximate surface area is 118 Å². The summed E-state index contributed by atoms with van der Waals surface area (Å²) in [4.78, 5) is 1.31. The highest BCUT2D eigenvalue weighted by Crippen LogP contribution is 2.36. The molecule has 0 radical (unpaired) electrons. The Morgan fingerprint density at radius 3 is 2.63 bits per heavy atom. The van der Waals surface area contributed by atoms with Crippen molar-refractivity contribution in [2.24, 2.45) is 0 Å². The molecule has 0 spiro atoms. The maximum Gasteiger partial charge on any atom is 0.119 e. The fourth-order valence-electron chi connectivity index (χ4n) is 2.50. The highest BCUT2D eigenvalue weighted by Gasteiger charge is 2.22. The summed E-state index contributed by atoms with van der Waals surface area (Å²) >= 11 is 1.78. The average molecular weight is 271 g/mol. The summed E-state index contributed by atoms with van der Waals surface area (Å²) in [6.45, 7) is 0. The van der Waals surface area contributed by atoms with E-state index in [1.165, 1.54) is 21.7 Å². The third-order valence-electron chi connectivity index (χ3n) is 3.58. The third-order valence-corrected chi connectivity index (χ3v) is 4.33. The van der Waals surface area contributed by atoms with E-state index in [-0.39, 0.29) is 0 Å². The first kappa shape index (κ1) is 12.4. The van der Waals surface area contributed by atoms with Crippen LogP contribution in [0.4, 0.5) is 5.69 Å². The summed E-state index contributed by atoms with van der Waals surface area (Å²) in [6, 6.07) is 15.4. The van der Waals surface area contributed by atoms with E-state index in [1.54, 1.807) is 18.9 Å². The van der Waals surface area contributed by atoms with E-state index in [0.29, 0.717) is 6.04 Å². The zero-order chi connectivity index (χ0) is 13.2. The van der Waals surface area contributed by atoms with E-state index >= 15 is 0 Å². The smallest absolute Gasteiger partial charge is 0.119 e. The van der Waals surface area contributed by atoms with Gasteiger partial charge in [-0.15, -0.1) is 11.8 Å². The molecule has 98 valence electrons. The molecular formula is C16H17NOS. The summed E-state index contributed by atoms with van der Waals surface area (Å²) < 4.78 is 5.28. The van der Waals surface area contributed by atoms with Gasteiger partial charge in [0.25, 0.3) is 0 Å². The lowest BCUT2D eigenvalue weighted by Gasteiger charge is -2.12. The molecule has 0 bridgehead atoms. The van der Waals surface area contributed by atoms with Crippen LogP contribution in [0.5, 0.6) is 5.75 Å². The molecular weight excluding hydrogens is 254 g/mol. The number of nitrogens with one attached hydrogen (secondary N) is 1. The topological polar surface area (TPSA) is 21.3 Å². The summed E-state index contributed by atoms with van der Waals surface area (Å²) in [7, 11) is 1.71. The molecule has 1 atom stereocenters. The number of fused-ring (bicyclic) bond motifs is 1. The molecule has 0 aliphatic carbocycles. The van der Waals surface area contributed by atoms with Crippen molar-refractivity contribution < 1.29 is 4.74 Å². The van der Waals surface area contributed by atoms with E-state index in [2.05, 4.69) is 48.0 Å². The SMILES string of the molecule is COc1ccc2c(c1)CC(c1ccc(SC)cc1)N2. The lowest BCUT2D eigenvalue weighted by molar-refractivity contribution is 0.414. The maximum atomic E-state index is 5.28. The zero-order valence-electron chi connectivity index (χ0n) is 11.1. The number of benzene rings is 2. The Morgan fingerprint density at radius 2 is 1.95 bits per heavy atom. The number of anilines is 1. The number of thioether (sulfide) groups is 1. The molecule has 0 saturated carbocycles. The molecule has 1 unspecified atom stereocenters. The highest BCUT2D eigenvalue weighted by atomic mass is 32.2. The number of hydrogen-bond donors (Lipinski definition) is 1. The van der Waals surface area contributed by atoms with Crippen molar-refractivity contribution in [2.45, 2.75) is 17.4 Å². The van der Waals surface area contributed by atoms with Crippen molar-refractivity contribution in [3.05, 3.63) is 53.6 Å². The van der Waals surface area contributed by atoms with Gasteiger partial charge in [-0.3, -0.25) is 0 Å². The van der Waals surface area contributed by atoms with Gasteiger partial charge in [0.2, 0.25) is 0 Å². The number of ether oxygens (including phenoxy) is 1. The van der Waals surface area contributed by atoms with Gasteiger partial charge in [-0.05, 0) is 54.1 Å². The standard InChI is InChI=1S/C16H17NOS/c1-18-13-5-8-15-12(9-13)10-16(17-15)11-3-6-14(19-2)7-4-11/h3-9,16-17H,10H2,1-2H3. The minimum absolute atomic E-state index is 0.373. The van der Waals surface area contributed by atoms with Gasteiger partial charge in [-0.1, -0.05) is 12.1 Å². The lowest BCUT2D eigenvalue weighted by Crippen LogP contribution is -2.05. The van der Waals surface area contributed by atoms with E-state index in [4.69, 9.17) is 4.74 Å². The average Bonchev–Trinajstić information content (AvgIpc) is 2.90. The van der Waals surface area contributed by atoms with Crippen LogP contribution in [0.2, 0.25) is 0 Å². The molecule has 1 aliphatic rings. The van der Waals surface area contributed by atoms with Gasteiger partial charge in [-0.25, -0.2) is 0 Å².